The summed E-state index contributed by atoms with van der Waals surface area (Å²) in [6, 6.07) is 16.2. The Kier molecular flexibility index (Phi) is 3.84. The number of aromatic nitrogens is 2. The standard InChI is InChI=1S/C20H20N2O2/c23-10-9-15-13-5-2-4-8-19(13)22-20(15)17(12-24)16-11-21-18-7-3-1-6-14(16)18/h1-8,11,17,21-24H,9-10,12H2/t17-/m1/s1. The number of para-hydroxylation sites is 2. The molecule has 0 saturated heterocycles. The summed E-state index contributed by atoms with van der Waals surface area (Å²) >= 11 is 0. The molecule has 0 amide bonds. The SMILES string of the molecule is OCCc1c([C@H](CO)c2c[nH]c3ccccc23)[nH]c2ccccc12. The largest absolute Gasteiger partial charge is 0.396 e. The van der Waals surface area contributed by atoms with Crippen molar-refractivity contribution < 1.29 is 10.2 Å². The van der Waals surface area contributed by atoms with Crippen molar-refractivity contribution in [3.63, 3.8) is 0 Å². The summed E-state index contributed by atoms with van der Waals surface area (Å²) < 4.78 is 0. The molecule has 1 atom stereocenters. The Morgan fingerprint density at radius 1 is 0.875 bits per heavy atom. The Balaban J connectivity index is 1.92. The number of benzene rings is 2. The minimum absolute atomic E-state index is 0.00704. The first-order valence-electron chi connectivity index (χ1n) is 8.20. The van der Waals surface area contributed by atoms with Gasteiger partial charge in [0.25, 0.3) is 0 Å². The Morgan fingerprint density at radius 2 is 1.58 bits per heavy atom. The summed E-state index contributed by atoms with van der Waals surface area (Å²) in [4.78, 5) is 6.75. The first-order chi connectivity index (χ1) is 11.8. The number of hydrogen-bond acceptors (Lipinski definition) is 2. The second-order valence-electron chi connectivity index (χ2n) is 6.06. The van der Waals surface area contributed by atoms with Gasteiger partial charge in [-0.15, -0.1) is 0 Å². The molecule has 4 heteroatoms. The van der Waals surface area contributed by atoms with Crippen molar-refractivity contribution >= 4 is 21.8 Å². The summed E-state index contributed by atoms with van der Waals surface area (Å²) in [6.45, 7) is 0.0912. The van der Waals surface area contributed by atoms with Crippen molar-refractivity contribution in [2.24, 2.45) is 0 Å². The van der Waals surface area contributed by atoms with Gasteiger partial charge in [-0.05, 0) is 29.7 Å². The highest BCUT2D eigenvalue weighted by molar-refractivity contribution is 5.87. The normalized spacial score (nSPS) is 12.9. The number of aliphatic hydroxyl groups excluding tert-OH is 2. The van der Waals surface area contributed by atoms with Crippen LogP contribution in [0.3, 0.4) is 0 Å². The molecule has 0 aliphatic heterocycles. The molecule has 0 bridgehead atoms. The van der Waals surface area contributed by atoms with Gasteiger partial charge < -0.3 is 20.2 Å². The maximum Gasteiger partial charge on any atom is 0.0555 e. The van der Waals surface area contributed by atoms with Crippen LogP contribution in [0.15, 0.2) is 54.7 Å². The van der Waals surface area contributed by atoms with Gasteiger partial charge in [0.05, 0.1) is 6.61 Å². The number of rotatable bonds is 5. The van der Waals surface area contributed by atoms with Crippen LogP contribution in [0.25, 0.3) is 21.8 Å². The van der Waals surface area contributed by atoms with Crippen LogP contribution in [-0.4, -0.2) is 33.4 Å². The molecule has 4 aromatic rings. The van der Waals surface area contributed by atoms with Gasteiger partial charge in [-0.1, -0.05) is 36.4 Å². The van der Waals surface area contributed by atoms with Crippen molar-refractivity contribution in [3.05, 3.63) is 71.5 Å². The molecule has 0 fully saturated rings. The molecular weight excluding hydrogens is 300 g/mol. The molecule has 0 saturated carbocycles. The third-order valence-electron chi connectivity index (χ3n) is 4.74. The van der Waals surface area contributed by atoms with Crippen LogP contribution in [-0.2, 0) is 6.42 Å². The third-order valence-corrected chi connectivity index (χ3v) is 4.74. The van der Waals surface area contributed by atoms with Crippen LogP contribution in [0.2, 0.25) is 0 Å². The van der Waals surface area contributed by atoms with Gasteiger partial charge in [-0.25, -0.2) is 0 Å². The Bertz CT molecular complexity index is 984. The summed E-state index contributed by atoms with van der Waals surface area (Å²) in [5.41, 5.74) is 5.23. The minimum atomic E-state index is -0.157. The zero-order valence-electron chi connectivity index (χ0n) is 13.3. The van der Waals surface area contributed by atoms with Crippen LogP contribution in [0.4, 0.5) is 0 Å². The molecule has 0 radical (unpaired) electrons. The highest BCUT2D eigenvalue weighted by Crippen LogP contribution is 2.35. The number of hydrogen-bond donors (Lipinski definition) is 4. The fraction of sp³-hybridized carbons (Fsp3) is 0.200. The van der Waals surface area contributed by atoms with E-state index in [2.05, 4.69) is 22.1 Å². The topological polar surface area (TPSA) is 72.0 Å². The van der Waals surface area contributed by atoms with Crippen molar-refractivity contribution in [2.45, 2.75) is 12.3 Å². The Morgan fingerprint density at radius 3 is 2.33 bits per heavy atom. The second kappa shape index (κ2) is 6.15. The van der Waals surface area contributed by atoms with Gasteiger partial charge >= 0.3 is 0 Å². The van der Waals surface area contributed by atoms with Gasteiger partial charge in [0, 0.05) is 46.2 Å². The van der Waals surface area contributed by atoms with E-state index in [0.29, 0.717) is 6.42 Å². The zero-order valence-corrected chi connectivity index (χ0v) is 13.3. The van der Waals surface area contributed by atoms with Crippen molar-refractivity contribution in [2.75, 3.05) is 13.2 Å². The van der Waals surface area contributed by atoms with E-state index < -0.39 is 0 Å². The molecule has 2 aromatic heterocycles. The zero-order chi connectivity index (χ0) is 16.5. The molecule has 122 valence electrons. The average molecular weight is 320 g/mol. The van der Waals surface area contributed by atoms with Gasteiger partial charge in [-0.3, -0.25) is 0 Å². The second-order valence-corrected chi connectivity index (χ2v) is 6.06. The first kappa shape index (κ1) is 15.0. The third kappa shape index (κ3) is 2.31. The molecule has 2 aromatic carbocycles. The fourth-order valence-corrected chi connectivity index (χ4v) is 3.63. The van der Waals surface area contributed by atoms with Crippen molar-refractivity contribution in [1.82, 2.24) is 9.97 Å². The average Bonchev–Trinajstić information content (AvgIpc) is 3.19. The molecule has 0 unspecified atom stereocenters. The van der Waals surface area contributed by atoms with Gasteiger partial charge in [0.1, 0.15) is 0 Å². The Labute approximate surface area is 139 Å². The van der Waals surface area contributed by atoms with Crippen molar-refractivity contribution in [1.29, 1.82) is 0 Å². The molecule has 0 aliphatic rings. The highest BCUT2D eigenvalue weighted by Gasteiger charge is 2.23. The van der Waals surface area contributed by atoms with Crippen LogP contribution in [0.5, 0.6) is 0 Å². The number of H-pyrrole nitrogens is 2. The van der Waals surface area contributed by atoms with Crippen LogP contribution < -0.4 is 0 Å². The van der Waals surface area contributed by atoms with E-state index in [9.17, 15) is 10.2 Å². The lowest BCUT2D eigenvalue weighted by atomic mass is 9.92. The molecule has 4 rings (SSSR count). The van der Waals surface area contributed by atoms with Crippen LogP contribution in [0, 0.1) is 0 Å². The van der Waals surface area contributed by atoms with E-state index in [4.69, 9.17) is 0 Å². The predicted molar refractivity (Wildman–Crippen MR) is 96.3 cm³/mol. The van der Waals surface area contributed by atoms with E-state index in [-0.39, 0.29) is 19.1 Å². The van der Waals surface area contributed by atoms with E-state index in [1.165, 1.54) is 0 Å². The summed E-state index contributed by atoms with van der Waals surface area (Å²) in [5.74, 6) is -0.157. The van der Waals surface area contributed by atoms with Crippen molar-refractivity contribution in [3.8, 4) is 0 Å². The maximum atomic E-state index is 10.1. The van der Waals surface area contributed by atoms with E-state index in [1.54, 1.807) is 0 Å². The van der Waals surface area contributed by atoms with Crippen LogP contribution in [0.1, 0.15) is 22.7 Å². The van der Waals surface area contributed by atoms with Gasteiger partial charge in [0.2, 0.25) is 0 Å². The first-order valence-corrected chi connectivity index (χ1v) is 8.20. The summed E-state index contributed by atoms with van der Waals surface area (Å²) in [5, 5.41) is 21.9. The smallest absolute Gasteiger partial charge is 0.0555 e. The molecular formula is C20H20N2O2. The predicted octanol–water partition coefficient (Wildman–Crippen LogP) is 3.31. The van der Waals surface area contributed by atoms with Gasteiger partial charge in [0.15, 0.2) is 0 Å². The Hall–Kier alpha value is -2.56. The van der Waals surface area contributed by atoms with E-state index in [0.717, 1.165) is 38.6 Å². The summed E-state index contributed by atoms with van der Waals surface area (Å²) in [7, 11) is 0. The lowest BCUT2D eigenvalue weighted by Gasteiger charge is -2.15. The lowest BCUT2D eigenvalue weighted by Crippen LogP contribution is -2.09. The molecule has 4 N–H and O–H groups in total. The maximum absolute atomic E-state index is 10.1. The molecule has 0 spiro atoms. The van der Waals surface area contributed by atoms with E-state index in [1.807, 2.05) is 42.6 Å². The van der Waals surface area contributed by atoms with E-state index >= 15 is 0 Å². The van der Waals surface area contributed by atoms with Gasteiger partial charge in [-0.2, -0.15) is 0 Å². The fourth-order valence-electron chi connectivity index (χ4n) is 3.63. The molecule has 2 heterocycles. The highest BCUT2D eigenvalue weighted by atomic mass is 16.3. The minimum Gasteiger partial charge on any atom is -0.396 e. The summed E-state index contributed by atoms with van der Waals surface area (Å²) in [6.07, 6.45) is 2.54. The quantitative estimate of drug-likeness (QED) is 0.455. The number of fused-ring (bicyclic) bond motifs is 2. The molecule has 4 nitrogen and oxygen atoms in total. The molecule has 24 heavy (non-hydrogen) atoms. The molecule has 0 aliphatic carbocycles. The number of aliphatic hydroxyl groups is 2. The lowest BCUT2D eigenvalue weighted by molar-refractivity contribution is 0.277. The van der Waals surface area contributed by atoms with Crippen LogP contribution >= 0.6 is 0 Å². The number of aromatic amines is 2. The number of nitrogens with one attached hydrogen (secondary N) is 2. The monoisotopic (exact) mass is 320 g/mol.